The van der Waals surface area contributed by atoms with Gasteiger partial charge in [-0.3, -0.25) is 14.4 Å². The maximum absolute atomic E-state index is 13.8. The number of fused-ring (bicyclic) bond motifs is 1. The predicted molar refractivity (Wildman–Crippen MR) is 132 cm³/mol. The van der Waals surface area contributed by atoms with Gasteiger partial charge in [0.05, 0.1) is 42.2 Å². The van der Waals surface area contributed by atoms with Crippen molar-refractivity contribution in [2.45, 2.75) is 27.3 Å². The Morgan fingerprint density at radius 1 is 1.12 bits per heavy atom. The molecule has 0 aliphatic heterocycles. The highest BCUT2D eigenvalue weighted by Crippen LogP contribution is 2.35. The quantitative estimate of drug-likeness (QED) is 0.349. The van der Waals surface area contributed by atoms with Gasteiger partial charge in [0, 0.05) is 17.3 Å². The number of methoxy groups -OCH3 is 2. The zero-order valence-corrected chi connectivity index (χ0v) is 20.8. The molecule has 0 aliphatic rings. The van der Waals surface area contributed by atoms with Gasteiger partial charge in [0.1, 0.15) is 11.5 Å². The van der Waals surface area contributed by atoms with Crippen molar-refractivity contribution >= 4 is 44.2 Å². The van der Waals surface area contributed by atoms with Gasteiger partial charge >= 0.3 is 0 Å². The number of aryl methyl sites for hydroxylation is 3. The monoisotopic (exact) mass is 484 g/mol. The second kappa shape index (κ2) is 9.41. The summed E-state index contributed by atoms with van der Waals surface area (Å²) in [5, 5.41) is 5.77. The zero-order valence-electron chi connectivity index (χ0n) is 19.2. The highest BCUT2D eigenvalue weighted by molar-refractivity contribution is 7.22. The Bertz CT molecular complexity index is 1330. The molecule has 0 spiro atoms. The highest BCUT2D eigenvalue weighted by Gasteiger charge is 2.25. The fourth-order valence-corrected chi connectivity index (χ4v) is 4.91. The molecule has 9 heteroatoms. The van der Waals surface area contributed by atoms with E-state index in [-0.39, 0.29) is 5.91 Å². The van der Waals surface area contributed by atoms with Crippen molar-refractivity contribution in [1.29, 1.82) is 0 Å². The molecule has 0 saturated heterocycles. The maximum atomic E-state index is 13.8. The van der Waals surface area contributed by atoms with E-state index < -0.39 is 0 Å². The lowest BCUT2D eigenvalue weighted by Crippen LogP contribution is -2.34. The molecule has 2 aromatic carbocycles. The molecule has 0 unspecified atom stereocenters. The van der Waals surface area contributed by atoms with E-state index in [1.54, 1.807) is 37.3 Å². The van der Waals surface area contributed by atoms with Gasteiger partial charge in [0.15, 0.2) is 5.13 Å². The number of hydrogen-bond acceptors (Lipinski definition) is 6. The summed E-state index contributed by atoms with van der Waals surface area (Å²) in [5.41, 5.74) is 4.06. The van der Waals surface area contributed by atoms with Gasteiger partial charge in [-0.05, 0) is 62.7 Å². The van der Waals surface area contributed by atoms with Gasteiger partial charge in [-0.1, -0.05) is 22.9 Å². The number of carbonyl (C=O) groups excluding carboxylic acids is 1. The van der Waals surface area contributed by atoms with Crippen LogP contribution in [0.5, 0.6) is 11.5 Å². The predicted octanol–water partition coefficient (Wildman–Crippen LogP) is 5.44. The number of halogens is 1. The minimum atomic E-state index is -0.227. The third kappa shape index (κ3) is 4.54. The fourth-order valence-electron chi connectivity index (χ4n) is 3.71. The van der Waals surface area contributed by atoms with Crippen LogP contribution < -0.4 is 14.4 Å². The number of thiazole rings is 1. The van der Waals surface area contributed by atoms with Crippen LogP contribution in [0.2, 0.25) is 5.02 Å². The molecule has 0 bridgehead atoms. The van der Waals surface area contributed by atoms with Crippen molar-refractivity contribution in [3.8, 4) is 11.5 Å². The third-order valence-corrected chi connectivity index (χ3v) is 6.94. The van der Waals surface area contributed by atoms with Crippen LogP contribution >= 0.6 is 22.9 Å². The minimum absolute atomic E-state index is 0.227. The van der Waals surface area contributed by atoms with Gasteiger partial charge in [-0.15, -0.1) is 0 Å². The Morgan fingerprint density at radius 3 is 2.58 bits per heavy atom. The molecular weight excluding hydrogens is 460 g/mol. The molecule has 172 valence electrons. The molecule has 0 aliphatic carbocycles. The van der Waals surface area contributed by atoms with Crippen molar-refractivity contribution < 1.29 is 14.3 Å². The first-order chi connectivity index (χ1) is 15.8. The average Bonchev–Trinajstić information content (AvgIpc) is 3.38. The highest BCUT2D eigenvalue weighted by atomic mass is 35.5. The van der Waals surface area contributed by atoms with Gasteiger partial charge in [0.25, 0.3) is 5.91 Å². The van der Waals surface area contributed by atoms with E-state index >= 15 is 0 Å². The van der Waals surface area contributed by atoms with Crippen molar-refractivity contribution in [2.75, 3.05) is 25.7 Å². The molecule has 0 saturated carbocycles. The Kier molecular flexibility index (Phi) is 6.58. The van der Waals surface area contributed by atoms with Crippen LogP contribution in [0.3, 0.4) is 0 Å². The third-order valence-electron chi connectivity index (χ3n) is 5.49. The van der Waals surface area contributed by atoms with Crippen LogP contribution in [0.15, 0.2) is 36.4 Å². The number of nitrogens with zero attached hydrogens (tertiary/aromatic N) is 4. The molecule has 33 heavy (non-hydrogen) atoms. The van der Waals surface area contributed by atoms with E-state index in [9.17, 15) is 4.79 Å². The topological polar surface area (TPSA) is 69.5 Å². The first-order valence-corrected chi connectivity index (χ1v) is 11.6. The van der Waals surface area contributed by atoms with Gasteiger partial charge in [0.2, 0.25) is 0 Å². The Morgan fingerprint density at radius 2 is 1.91 bits per heavy atom. The average molecular weight is 485 g/mol. The van der Waals surface area contributed by atoms with Crippen molar-refractivity contribution in [1.82, 2.24) is 14.8 Å². The number of carbonyl (C=O) groups is 1. The van der Waals surface area contributed by atoms with Crippen LogP contribution in [0, 0.1) is 20.8 Å². The van der Waals surface area contributed by atoms with E-state index in [4.69, 9.17) is 26.1 Å². The second-order valence-corrected chi connectivity index (χ2v) is 9.11. The summed E-state index contributed by atoms with van der Waals surface area (Å²) in [7, 11) is 3.11. The molecular formula is C24H25ClN4O3S. The summed E-state index contributed by atoms with van der Waals surface area (Å²) in [4.78, 5) is 20.3. The molecule has 0 N–H and O–H groups in total. The van der Waals surface area contributed by atoms with Gasteiger partial charge < -0.3 is 9.47 Å². The van der Waals surface area contributed by atoms with Crippen LogP contribution in [-0.2, 0) is 6.54 Å². The van der Waals surface area contributed by atoms with Crippen molar-refractivity contribution in [2.24, 2.45) is 0 Å². The van der Waals surface area contributed by atoms with Crippen molar-refractivity contribution in [3.63, 3.8) is 0 Å². The molecule has 0 fully saturated rings. The standard InChI is InChI=1S/C24H25ClN4O3S/c1-14-12-15(2)29(27-14)11-10-28(23(30)18-13-17(31-4)6-8-20(18)32-5)24-26-22-16(3)19(25)7-9-21(22)33-24/h6-9,12-13H,10-11H2,1-5H3. The van der Waals surface area contributed by atoms with Crippen LogP contribution in [0.25, 0.3) is 10.2 Å². The number of rotatable bonds is 7. The van der Waals surface area contributed by atoms with E-state index in [1.807, 2.05) is 43.7 Å². The summed E-state index contributed by atoms with van der Waals surface area (Å²) in [6, 6.07) is 11.0. The van der Waals surface area contributed by atoms with E-state index in [0.29, 0.717) is 40.3 Å². The summed E-state index contributed by atoms with van der Waals surface area (Å²) >= 11 is 7.76. The summed E-state index contributed by atoms with van der Waals surface area (Å²) in [5.74, 6) is 0.817. The number of amides is 1. The lowest BCUT2D eigenvalue weighted by atomic mass is 10.1. The van der Waals surface area contributed by atoms with E-state index in [1.165, 1.54) is 11.3 Å². The lowest BCUT2D eigenvalue weighted by molar-refractivity contribution is 0.0982. The second-order valence-electron chi connectivity index (χ2n) is 7.69. The van der Waals surface area contributed by atoms with Crippen molar-refractivity contribution in [3.05, 3.63) is 63.9 Å². The Hall–Kier alpha value is -3.10. The Balaban J connectivity index is 1.78. The summed E-state index contributed by atoms with van der Waals surface area (Å²) in [6.07, 6.45) is 0. The molecule has 4 rings (SSSR count). The Labute approximate surface area is 201 Å². The molecule has 4 aromatic rings. The first-order valence-electron chi connectivity index (χ1n) is 10.4. The number of hydrogen-bond donors (Lipinski definition) is 0. The molecule has 2 aromatic heterocycles. The van der Waals surface area contributed by atoms with Gasteiger partial charge in [-0.25, -0.2) is 4.98 Å². The normalized spacial score (nSPS) is 11.1. The largest absolute Gasteiger partial charge is 0.497 e. The zero-order chi connectivity index (χ0) is 23.7. The summed E-state index contributed by atoms with van der Waals surface area (Å²) in [6.45, 7) is 6.79. The maximum Gasteiger partial charge on any atom is 0.264 e. The molecule has 1 amide bonds. The molecule has 7 nitrogen and oxygen atoms in total. The number of aromatic nitrogens is 3. The molecule has 2 heterocycles. The van der Waals surface area contributed by atoms with Crippen LogP contribution in [-0.4, -0.2) is 41.4 Å². The van der Waals surface area contributed by atoms with Crippen LogP contribution in [0.1, 0.15) is 27.3 Å². The van der Waals surface area contributed by atoms with Gasteiger partial charge in [-0.2, -0.15) is 5.10 Å². The molecule has 0 radical (unpaired) electrons. The van der Waals surface area contributed by atoms with Crippen LogP contribution in [0.4, 0.5) is 5.13 Å². The fraction of sp³-hybridized carbons (Fsp3) is 0.292. The number of anilines is 1. The van der Waals surface area contributed by atoms with E-state index in [2.05, 4.69) is 5.10 Å². The smallest absolute Gasteiger partial charge is 0.264 e. The minimum Gasteiger partial charge on any atom is -0.497 e. The first kappa shape index (κ1) is 23.1. The van der Waals surface area contributed by atoms with E-state index in [0.717, 1.165) is 27.2 Å². The number of ether oxygens (including phenoxy) is 2. The summed E-state index contributed by atoms with van der Waals surface area (Å²) < 4.78 is 13.7. The molecule has 0 atom stereocenters. The SMILES string of the molecule is COc1ccc(OC)c(C(=O)N(CCn2nc(C)cc2C)c2nc3c(C)c(Cl)ccc3s2)c1. The lowest BCUT2D eigenvalue weighted by Gasteiger charge is -2.21. The number of benzene rings is 2.